The molecule has 21 heavy (non-hydrogen) atoms. The number of hydrogen-bond donors (Lipinski definition) is 2. The van der Waals surface area contributed by atoms with Crippen LogP contribution >= 0.6 is 15.9 Å². The summed E-state index contributed by atoms with van der Waals surface area (Å²) < 4.78 is 11.6. The van der Waals surface area contributed by atoms with Gasteiger partial charge >= 0.3 is 0 Å². The molecule has 0 aromatic heterocycles. The highest BCUT2D eigenvalue weighted by molar-refractivity contribution is 9.10. The largest absolute Gasteiger partial charge is 0.481 e. The van der Waals surface area contributed by atoms with Crippen LogP contribution < -0.4 is 15.6 Å². The Morgan fingerprint density at radius 2 is 2.24 bits per heavy atom. The van der Waals surface area contributed by atoms with Crippen LogP contribution in [0.25, 0.3) is 0 Å². The number of amides is 2. The van der Waals surface area contributed by atoms with E-state index in [9.17, 15) is 9.59 Å². The average molecular weight is 357 g/mol. The molecule has 1 aliphatic heterocycles. The van der Waals surface area contributed by atoms with Gasteiger partial charge in [-0.25, -0.2) is 0 Å². The lowest BCUT2D eigenvalue weighted by Gasteiger charge is -2.16. The number of nitrogens with one attached hydrogen (secondary N) is 2. The molecule has 1 fully saturated rings. The quantitative estimate of drug-likeness (QED) is 0.802. The van der Waals surface area contributed by atoms with Crippen LogP contribution in [0.2, 0.25) is 0 Å². The van der Waals surface area contributed by atoms with Crippen molar-refractivity contribution in [2.45, 2.75) is 32.0 Å². The van der Waals surface area contributed by atoms with Crippen LogP contribution in [-0.2, 0) is 14.3 Å². The lowest BCUT2D eigenvalue weighted by molar-refractivity contribution is -0.136. The Hall–Kier alpha value is -1.60. The summed E-state index contributed by atoms with van der Waals surface area (Å²) in [6.07, 6.45) is 0.316. The zero-order chi connectivity index (χ0) is 15.2. The van der Waals surface area contributed by atoms with Gasteiger partial charge in [0.1, 0.15) is 11.9 Å². The number of carbonyl (C=O) groups is 2. The molecule has 2 N–H and O–H groups in total. The van der Waals surface area contributed by atoms with Gasteiger partial charge in [-0.1, -0.05) is 22.0 Å². The van der Waals surface area contributed by atoms with Crippen molar-refractivity contribution in [3.63, 3.8) is 0 Å². The maximum Gasteiger partial charge on any atom is 0.279 e. The van der Waals surface area contributed by atoms with Crippen molar-refractivity contribution in [1.29, 1.82) is 0 Å². The number of hydrazine groups is 1. The van der Waals surface area contributed by atoms with Gasteiger partial charge in [0.05, 0.1) is 0 Å². The summed E-state index contributed by atoms with van der Waals surface area (Å²) in [7, 11) is 0. The summed E-state index contributed by atoms with van der Waals surface area (Å²) in [5, 5.41) is 0. The van der Waals surface area contributed by atoms with Gasteiger partial charge in [0, 0.05) is 11.1 Å². The molecule has 2 amide bonds. The van der Waals surface area contributed by atoms with E-state index in [0.717, 1.165) is 10.9 Å². The molecule has 6 nitrogen and oxygen atoms in total. The van der Waals surface area contributed by atoms with Gasteiger partial charge in [-0.05, 0) is 38.0 Å². The minimum Gasteiger partial charge on any atom is -0.481 e. The molecule has 0 spiro atoms. The number of hydrogen-bond acceptors (Lipinski definition) is 4. The van der Waals surface area contributed by atoms with Gasteiger partial charge < -0.3 is 9.47 Å². The smallest absolute Gasteiger partial charge is 0.279 e. The van der Waals surface area contributed by atoms with E-state index in [1.54, 1.807) is 19.1 Å². The maximum atomic E-state index is 11.8. The highest BCUT2D eigenvalue weighted by atomic mass is 79.9. The zero-order valence-corrected chi connectivity index (χ0v) is 13.2. The molecular weight excluding hydrogens is 340 g/mol. The lowest BCUT2D eigenvalue weighted by Crippen LogP contribution is -2.50. The molecule has 0 aliphatic carbocycles. The summed E-state index contributed by atoms with van der Waals surface area (Å²) in [6.45, 7) is 2.18. The van der Waals surface area contributed by atoms with Crippen molar-refractivity contribution in [2.24, 2.45) is 0 Å². The maximum absolute atomic E-state index is 11.8. The van der Waals surface area contributed by atoms with Gasteiger partial charge in [0.25, 0.3) is 11.8 Å². The lowest BCUT2D eigenvalue weighted by atomic mass is 10.2. The topological polar surface area (TPSA) is 76.7 Å². The second kappa shape index (κ2) is 7.42. The first-order valence-corrected chi connectivity index (χ1v) is 7.49. The molecule has 0 bridgehead atoms. The van der Waals surface area contributed by atoms with Crippen LogP contribution in [0.3, 0.4) is 0 Å². The van der Waals surface area contributed by atoms with E-state index in [-0.39, 0.29) is 5.91 Å². The van der Waals surface area contributed by atoms with Crippen molar-refractivity contribution in [3.8, 4) is 5.75 Å². The van der Waals surface area contributed by atoms with Gasteiger partial charge in [-0.15, -0.1) is 0 Å². The van der Waals surface area contributed by atoms with Crippen LogP contribution in [0.15, 0.2) is 28.7 Å². The molecule has 0 saturated carbocycles. The minimum atomic E-state index is -0.732. The van der Waals surface area contributed by atoms with E-state index >= 15 is 0 Å². The number of halogens is 1. The summed E-state index contributed by atoms with van der Waals surface area (Å²) in [5.41, 5.74) is 4.69. The number of benzene rings is 1. The van der Waals surface area contributed by atoms with E-state index in [4.69, 9.17) is 9.47 Å². The molecule has 1 aromatic carbocycles. The van der Waals surface area contributed by atoms with Gasteiger partial charge in [0.15, 0.2) is 6.10 Å². The number of carbonyl (C=O) groups excluding carboxylic acids is 2. The van der Waals surface area contributed by atoms with Crippen molar-refractivity contribution in [3.05, 3.63) is 28.7 Å². The Balaban J connectivity index is 1.78. The molecule has 1 heterocycles. The Bertz CT molecular complexity index is 517. The molecule has 1 saturated heterocycles. The molecule has 1 aliphatic rings. The molecule has 0 radical (unpaired) electrons. The molecule has 7 heteroatoms. The second-order valence-electron chi connectivity index (χ2n) is 4.70. The molecule has 1 aromatic rings. The third-order valence-corrected chi connectivity index (χ3v) is 3.50. The predicted molar refractivity (Wildman–Crippen MR) is 79.5 cm³/mol. The first kappa shape index (κ1) is 15.8. The zero-order valence-electron chi connectivity index (χ0n) is 11.6. The summed E-state index contributed by atoms with van der Waals surface area (Å²) in [4.78, 5) is 23.5. The fourth-order valence-corrected chi connectivity index (χ4v) is 2.27. The van der Waals surface area contributed by atoms with E-state index in [0.29, 0.717) is 18.8 Å². The third-order valence-electron chi connectivity index (χ3n) is 3.01. The van der Waals surface area contributed by atoms with Crippen molar-refractivity contribution < 1.29 is 19.1 Å². The normalized spacial score (nSPS) is 18.9. The van der Waals surface area contributed by atoms with E-state index < -0.39 is 18.1 Å². The van der Waals surface area contributed by atoms with Crippen LogP contribution in [0.5, 0.6) is 5.75 Å². The Kier molecular flexibility index (Phi) is 5.58. The summed E-state index contributed by atoms with van der Waals surface area (Å²) in [6, 6.07) is 7.18. The van der Waals surface area contributed by atoms with Gasteiger partial charge in [0.2, 0.25) is 0 Å². The summed E-state index contributed by atoms with van der Waals surface area (Å²) in [5.74, 6) is -0.200. The highest BCUT2D eigenvalue weighted by Crippen LogP contribution is 2.18. The van der Waals surface area contributed by atoms with Gasteiger partial charge in [-0.3, -0.25) is 20.4 Å². The highest BCUT2D eigenvalue weighted by Gasteiger charge is 2.24. The van der Waals surface area contributed by atoms with Crippen LogP contribution in [-0.4, -0.2) is 30.6 Å². The molecule has 114 valence electrons. The third kappa shape index (κ3) is 4.71. The fourth-order valence-electron chi connectivity index (χ4n) is 1.89. The summed E-state index contributed by atoms with van der Waals surface area (Å²) >= 11 is 3.33. The molecule has 2 atom stereocenters. The Labute approximate surface area is 131 Å². The van der Waals surface area contributed by atoms with Gasteiger partial charge in [-0.2, -0.15) is 0 Å². The first-order chi connectivity index (χ1) is 10.1. The molecule has 2 unspecified atom stereocenters. The molecular formula is C14H17BrN2O4. The predicted octanol–water partition coefficient (Wildman–Crippen LogP) is 1.54. The second-order valence-corrected chi connectivity index (χ2v) is 5.61. The van der Waals surface area contributed by atoms with E-state index in [1.165, 1.54) is 0 Å². The number of rotatable bonds is 4. The van der Waals surface area contributed by atoms with Crippen molar-refractivity contribution in [1.82, 2.24) is 10.9 Å². The van der Waals surface area contributed by atoms with E-state index in [1.807, 2.05) is 12.1 Å². The van der Waals surface area contributed by atoms with Crippen molar-refractivity contribution in [2.75, 3.05) is 6.61 Å². The van der Waals surface area contributed by atoms with Crippen LogP contribution in [0, 0.1) is 0 Å². The SMILES string of the molecule is CC(Oc1cccc(Br)c1)C(=O)NNC(=O)C1CCCO1. The number of ether oxygens (including phenoxy) is 2. The average Bonchev–Trinajstić information content (AvgIpc) is 2.98. The first-order valence-electron chi connectivity index (χ1n) is 6.70. The van der Waals surface area contributed by atoms with Crippen LogP contribution in [0.4, 0.5) is 0 Å². The Morgan fingerprint density at radius 1 is 1.43 bits per heavy atom. The minimum absolute atomic E-state index is 0.337. The fraction of sp³-hybridized carbons (Fsp3) is 0.429. The standard InChI is InChI=1S/C14H17BrN2O4/c1-9(21-11-5-2-4-10(15)8-11)13(18)16-17-14(19)12-6-3-7-20-12/h2,4-5,8-9,12H,3,6-7H2,1H3,(H,16,18)(H,17,19). The van der Waals surface area contributed by atoms with Crippen LogP contribution in [0.1, 0.15) is 19.8 Å². The Morgan fingerprint density at radius 3 is 2.90 bits per heavy atom. The van der Waals surface area contributed by atoms with Crippen molar-refractivity contribution >= 4 is 27.7 Å². The molecule has 2 rings (SSSR count). The monoisotopic (exact) mass is 356 g/mol. The van der Waals surface area contributed by atoms with E-state index in [2.05, 4.69) is 26.8 Å².